The van der Waals surface area contributed by atoms with E-state index in [0.717, 1.165) is 74.3 Å². The van der Waals surface area contributed by atoms with Crippen molar-refractivity contribution in [1.29, 1.82) is 5.26 Å². The molecule has 2 aliphatic carbocycles. The van der Waals surface area contributed by atoms with Crippen molar-refractivity contribution in [3.63, 3.8) is 0 Å². The van der Waals surface area contributed by atoms with Crippen LogP contribution in [-0.4, -0.2) is 15.0 Å². The number of pyridine rings is 1. The summed E-state index contributed by atoms with van der Waals surface area (Å²) in [7, 11) is 0. The molecule has 4 nitrogen and oxygen atoms in total. The van der Waals surface area contributed by atoms with Gasteiger partial charge in [0.25, 0.3) is 0 Å². The molecule has 2 aromatic heterocycles. The molecule has 4 heteroatoms. The molecular formula is C58H42N4. The van der Waals surface area contributed by atoms with Gasteiger partial charge in [-0.2, -0.15) is 5.26 Å². The van der Waals surface area contributed by atoms with E-state index in [9.17, 15) is 5.26 Å². The molecule has 0 atom stereocenters. The molecular weight excluding hydrogens is 753 g/mol. The van der Waals surface area contributed by atoms with Gasteiger partial charge in [0.15, 0.2) is 5.82 Å². The molecule has 7 aromatic carbocycles. The van der Waals surface area contributed by atoms with Crippen molar-refractivity contribution in [1.82, 2.24) is 15.0 Å². The molecule has 9 aromatic rings. The zero-order chi connectivity index (χ0) is 41.5. The van der Waals surface area contributed by atoms with Gasteiger partial charge in [-0.3, -0.25) is 4.98 Å². The van der Waals surface area contributed by atoms with Crippen molar-refractivity contribution in [2.24, 2.45) is 0 Å². The summed E-state index contributed by atoms with van der Waals surface area (Å²) in [6, 6.07) is 67.0. The van der Waals surface area contributed by atoms with E-state index in [1.807, 2.05) is 36.5 Å². The van der Waals surface area contributed by atoms with Crippen LogP contribution in [0.2, 0.25) is 0 Å². The summed E-state index contributed by atoms with van der Waals surface area (Å²) in [5.41, 5.74) is 20.1. The summed E-state index contributed by atoms with van der Waals surface area (Å²) in [6.07, 6.45) is 9.76. The number of rotatable bonds is 7. The van der Waals surface area contributed by atoms with E-state index >= 15 is 0 Å². The Kier molecular flexibility index (Phi) is 9.44. The van der Waals surface area contributed by atoms with Crippen molar-refractivity contribution >= 4 is 0 Å². The second-order valence-corrected chi connectivity index (χ2v) is 16.6. The van der Waals surface area contributed by atoms with Gasteiger partial charge in [0.05, 0.1) is 23.0 Å². The van der Waals surface area contributed by atoms with Crippen LogP contribution in [0.3, 0.4) is 0 Å². The lowest BCUT2D eigenvalue weighted by Crippen LogP contribution is -2.28. The average molecular weight is 795 g/mol. The Labute approximate surface area is 362 Å². The van der Waals surface area contributed by atoms with E-state index in [0.29, 0.717) is 5.82 Å². The maximum atomic E-state index is 9.90. The van der Waals surface area contributed by atoms with Crippen LogP contribution in [0.1, 0.15) is 48.8 Å². The Balaban J connectivity index is 0.915. The van der Waals surface area contributed by atoms with Crippen LogP contribution in [0, 0.1) is 11.3 Å². The smallest absolute Gasteiger partial charge is 0.160 e. The largest absolute Gasteiger partial charge is 0.264 e. The highest BCUT2D eigenvalue weighted by Crippen LogP contribution is 2.58. The number of aromatic nitrogens is 3. The van der Waals surface area contributed by atoms with Crippen molar-refractivity contribution in [3.8, 4) is 95.6 Å². The molecule has 0 radical (unpaired) electrons. The lowest BCUT2D eigenvalue weighted by molar-refractivity contribution is 0.353. The van der Waals surface area contributed by atoms with E-state index < -0.39 is 0 Å². The second kappa shape index (κ2) is 15.7. The van der Waals surface area contributed by atoms with Gasteiger partial charge >= 0.3 is 0 Å². The number of benzene rings is 7. The number of nitriles is 1. The first-order chi connectivity index (χ1) is 30.6. The number of fused-ring (bicyclic) bond motifs is 5. The van der Waals surface area contributed by atoms with E-state index in [4.69, 9.17) is 9.97 Å². The van der Waals surface area contributed by atoms with Crippen LogP contribution in [0.25, 0.3) is 89.5 Å². The van der Waals surface area contributed by atoms with Crippen LogP contribution >= 0.6 is 0 Å². The van der Waals surface area contributed by atoms with Gasteiger partial charge in [-0.15, -0.1) is 0 Å². The second-order valence-electron chi connectivity index (χ2n) is 16.6. The van der Waals surface area contributed by atoms with Crippen molar-refractivity contribution in [2.45, 2.75) is 37.5 Å². The highest BCUT2D eigenvalue weighted by atomic mass is 14.9. The van der Waals surface area contributed by atoms with E-state index in [2.05, 4.69) is 163 Å². The Morgan fingerprint density at radius 2 is 1.02 bits per heavy atom. The summed E-state index contributed by atoms with van der Waals surface area (Å²) < 4.78 is 0. The average Bonchev–Trinajstić information content (AvgIpc) is 3.62. The fraction of sp³-hybridized carbons (Fsp3) is 0.103. The van der Waals surface area contributed by atoms with Crippen molar-refractivity contribution in [3.05, 3.63) is 211 Å². The van der Waals surface area contributed by atoms with Crippen LogP contribution in [0.15, 0.2) is 194 Å². The molecule has 0 bridgehead atoms. The minimum absolute atomic E-state index is 0.0327. The Bertz CT molecular complexity index is 3140. The topological polar surface area (TPSA) is 62.5 Å². The predicted molar refractivity (Wildman–Crippen MR) is 252 cm³/mol. The normalized spacial score (nSPS) is 13.6. The van der Waals surface area contributed by atoms with Crippen molar-refractivity contribution in [2.75, 3.05) is 0 Å². The van der Waals surface area contributed by atoms with Crippen LogP contribution < -0.4 is 0 Å². The van der Waals surface area contributed by atoms with Gasteiger partial charge in [0, 0.05) is 34.5 Å². The fourth-order valence-electron chi connectivity index (χ4n) is 9.96. The van der Waals surface area contributed by atoms with Gasteiger partial charge in [-0.1, -0.05) is 165 Å². The molecule has 2 aliphatic rings. The van der Waals surface area contributed by atoms with E-state index in [1.165, 1.54) is 58.2 Å². The number of hydrogen-bond donors (Lipinski definition) is 0. The Morgan fingerprint density at radius 1 is 0.419 bits per heavy atom. The van der Waals surface area contributed by atoms with E-state index in [1.54, 1.807) is 6.20 Å². The maximum Gasteiger partial charge on any atom is 0.160 e. The van der Waals surface area contributed by atoms with Crippen LogP contribution in [-0.2, 0) is 5.41 Å². The number of nitrogens with zero attached hydrogens (tertiary/aromatic N) is 4. The standard InChI is InChI=1S/C58H42N4/c59-37-39-20-29-52-51(33-39)56-50(18-9-19-53(56)58(52)30-5-2-6-31-58)47-15-7-13-45(34-47)40-21-23-41(24-22-40)46-14-8-16-48(35-46)55-36-54(61-57(62-55)44-11-3-1-4-12-44)43-27-25-42(26-28-43)49-17-10-32-60-38-49/h1,3-4,7-29,32-36,38H,2,5-6,30-31H2. The summed E-state index contributed by atoms with van der Waals surface area (Å²) in [5, 5.41) is 9.90. The number of hydrogen-bond acceptors (Lipinski definition) is 4. The van der Waals surface area contributed by atoms with Crippen molar-refractivity contribution < 1.29 is 0 Å². The molecule has 1 spiro atoms. The minimum atomic E-state index is 0.0327. The zero-order valence-corrected chi connectivity index (χ0v) is 34.3. The predicted octanol–water partition coefficient (Wildman–Crippen LogP) is 14.6. The molecule has 0 unspecified atom stereocenters. The third kappa shape index (κ3) is 6.69. The third-order valence-electron chi connectivity index (χ3n) is 13.0. The molecule has 0 amide bonds. The summed E-state index contributed by atoms with van der Waals surface area (Å²) in [6.45, 7) is 0. The molecule has 1 fully saturated rings. The molecule has 294 valence electrons. The first-order valence-electron chi connectivity index (χ1n) is 21.6. The van der Waals surface area contributed by atoms with Gasteiger partial charge in [0.1, 0.15) is 0 Å². The zero-order valence-electron chi connectivity index (χ0n) is 34.3. The molecule has 11 rings (SSSR count). The van der Waals surface area contributed by atoms with Gasteiger partial charge in [0.2, 0.25) is 0 Å². The van der Waals surface area contributed by atoms with Gasteiger partial charge < -0.3 is 0 Å². The highest BCUT2D eigenvalue weighted by Gasteiger charge is 2.44. The molecule has 62 heavy (non-hydrogen) atoms. The minimum Gasteiger partial charge on any atom is -0.264 e. The summed E-state index contributed by atoms with van der Waals surface area (Å²) in [5.74, 6) is 0.691. The fourth-order valence-corrected chi connectivity index (χ4v) is 9.96. The maximum absolute atomic E-state index is 9.90. The lowest BCUT2D eigenvalue weighted by atomic mass is 9.67. The molecule has 1 saturated carbocycles. The monoisotopic (exact) mass is 794 g/mol. The first-order valence-corrected chi connectivity index (χ1v) is 21.6. The Hall–Kier alpha value is -7.74. The molecule has 2 heterocycles. The van der Waals surface area contributed by atoms with Gasteiger partial charge in [-0.25, -0.2) is 9.97 Å². The van der Waals surface area contributed by atoms with Crippen LogP contribution in [0.5, 0.6) is 0 Å². The first kappa shape index (κ1) is 37.3. The SMILES string of the molecule is N#Cc1ccc2c(c1)-c1c(-c3cccc(-c4ccc(-c5cccc(-c6cc(-c7ccc(-c8cccnc8)cc7)nc(-c7ccccc7)n6)c5)cc4)c3)cccc1C21CCCCC1. The molecule has 0 saturated heterocycles. The summed E-state index contributed by atoms with van der Waals surface area (Å²) in [4.78, 5) is 14.5. The quantitative estimate of drug-likeness (QED) is 0.161. The lowest BCUT2D eigenvalue weighted by Gasteiger charge is -2.36. The molecule has 0 aliphatic heterocycles. The molecule has 0 N–H and O–H groups in total. The van der Waals surface area contributed by atoms with Gasteiger partial charge in [-0.05, 0) is 116 Å². The van der Waals surface area contributed by atoms with E-state index in [-0.39, 0.29) is 5.41 Å². The van der Waals surface area contributed by atoms with Crippen LogP contribution in [0.4, 0.5) is 0 Å². The highest BCUT2D eigenvalue weighted by molar-refractivity contribution is 5.94. The summed E-state index contributed by atoms with van der Waals surface area (Å²) >= 11 is 0. The Morgan fingerprint density at radius 3 is 1.71 bits per heavy atom. The third-order valence-corrected chi connectivity index (χ3v) is 13.0.